The number of ether oxygens (including phenoxy) is 3. The molecule has 1 aromatic carbocycles. The zero-order valence-corrected chi connectivity index (χ0v) is 17.8. The van der Waals surface area contributed by atoms with Crippen LogP contribution in [0.3, 0.4) is 0 Å². The monoisotopic (exact) mass is 440 g/mol. The summed E-state index contributed by atoms with van der Waals surface area (Å²) in [6.45, 7) is 0.963. The van der Waals surface area contributed by atoms with Crippen LogP contribution in [0.2, 0.25) is 0 Å². The lowest BCUT2D eigenvalue weighted by Crippen LogP contribution is -2.22. The summed E-state index contributed by atoms with van der Waals surface area (Å²) in [7, 11) is 1.63. The van der Waals surface area contributed by atoms with Gasteiger partial charge in [0.05, 0.1) is 38.2 Å². The van der Waals surface area contributed by atoms with Gasteiger partial charge < -0.3 is 23.3 Å². The standard InChI is InChI=1S/C24H20N6O3/c1-31-20-7-16(8-21-23(20)33-22(13-32-21)17-3-2-4-25-10-17)12-30-15-28-19-9-18(11-27-24(19)30)29-6-5-26-14-29/h2-11,14-15,22H,12-13H2,1H3. The topological polar surface area (TPSA) is 89.1 Å². The lowest BCUT2D eigenvalue weighted by molar-refractivity contribution is 0.0867. The molecule has 9 nitrogen and oxygen atoms in total. The molecule has 6 rings (SSSR count). The third-order valence-corrected chi connectivity index (χ3v) is 5.60. The van der Waals surface area contributed by atoms with Gasteiger partial charge >= 0.3 is 0 Å². The quantitative estimate of drug-likeness (QED) is 0.413. The zero-order chi connectivity index (χ0) is 22.2. The maximum absolute atomic E-state index is 6.22. The number of aromatic nitrogens is 6. The van der Waals surface area contributed by atoms with Crippen LogP contribution < -0.4 is 14.2 Å². The Hall–Kier alpha value is -4.40. The minimum Gasteiger partial charge on any atom is -0.493 e. The Labute approximate surface area is 189 Å². The van der Waals surface area contributed by atoms with E-state index in [1.54, 1.807) is 38.4 Å². The summed E-state index contributed by atoms with van der Waals surface area (Å²) in [4.78, 5) is 17.4. The maximum atomic E-state index is 6.22. The van der Waals surface area contributed by atoms with Gasteiger partial charge in [0.15, 0.2) is 23.3 Å². The second kappa shape index (κ2) is 7.94. The van der Waals surface area contributed by atoms with Gasteiger partial charge in [-0.25, -0.2) is 15.0 Å². The Morgan fingerprint density at radius 2 is 2.06 bits per heavy atom. The molecule has 0 aliphatic carbocycles. The molecule has 164 valence electrons. The molecular formula is C24H20N6O3. The van der Waals surface area contributed by atoms with E-state index in [4.69, 9.17) is 14.2 Å². The van der Waals surface area contributed by atoms with E-state index < -0.39 is 0 Å². The number of pyridine rings is 2. The van der Waals surface area contributed by atoms with Gasteiger partial charge in [0.2, 0.25) is 5.75 Å². The molecule has 0 spiro atoms. The number of hydrogen-bond donors (Lipinski definition) is 0. The number of rotatable bonds is 5. The van der Waals surface area contributed by atoms with Crippen LogP contribution in [0.4, 0.5) is 0 Å². The molecule has 1 aliphatic heterocycles. The summed E-state index contributed by atoms with van der Waals surface area (Å²) in [6.07, 6.45) is 12.2. The van der Waals surface area contributed by atoms with Crippen LogP contribution in [-0.2, 0) is 6.54 Å². The van der Waals surface area contributed by atoms with E-state index in [2.05, 4.69) is 19.9 Å². The van der Waals surface area contributed by atoms with Crippen LogP contribution in [-0.4, -0.2) is 42.8 Å². The SMILES string of the molecule is COc1cc(Cn2cnc3cc(-n4ccnc4)cnc32)cc2c1OC(c1cccnc1)CO2. The average molecular weight is 440 g/mol. The molecule has 0 saturated heterocycles. The first kappa shape index (κ1) is 19.3. The van der Waals surface area contributed by atoms with Crippen LogP contribution in [0.1, 0.15) is 17.2 Å². The summed E-state index contributed by atoms with van der Waals surface area (Å²) in [5, 5.41) is 0. The summed E-state index contributed by atoms with van der Waals surface area (Å²) < 4.78 is 21.8. The van der Waals surface area contributed by atoms with Crippen LogP contribution in [0.15, 0.2) is 74.0 Å². The van der Waals surface area contributed by atoms with Crippen molar-refractivity contribution in [2.75, 3.05) is 13.7 Å². The second-order valence-electron chi connectivity index (χ2n) is 7.71. The average Bonchev–Trinajstić information content (AvgIpc) is 3.54. The van der Waals surface area contributed by atoms with Crippen LogP contribution >= 0.6 is 0 Å². The smallest absolute Gasteiger partial charge is 0.204 e. The molecule has 9 heteroatoms. The van der Waals surface area contributed by atoms with E-state index in [9.17, 15) is 0 Å². The molecule has 33 heavy (non-hydrogen) atoms. The number of imidazole rings is 2. The maximum Gasteiger partial charge on any atom is 0.204 e. The van der Waals surface area contributed by atoms with Crippen molar-refractivity contribution in [3.63, 3.8) is 0 Å². The minimum atomic E-state index is -0.238. The lowest BCUT2D eigenvalue weighted by atomic mass is 10.1. The molecule has 5 heterocycles. The van der Waals surface area contributed by atoms with Crippen molar-refractivity contribution in [2.45, 2.75) is 12.6 Å². The summed E-state index contributed by atoms with van der Waals surface area (Å²) in [5.41, 5.74) is 4.47. The van der Waals surface area contributed by atoms with Crippen LogP contribution in [0.25, 0.3) is 16.9 Å². The van der Waals surface area contributed by atoms with Crippen molar-refractivity contribution in [1.82, 2.24) is 29.1 Å². The van der Waals surface area contributed by atoms with E-state index in [-0.39, 0.29) is 6.10 Å². The Balaban J connectivity index is 1.29. The molecule has 0 bridgehead atoms. The number of methoxy groups -OCH3 is 1. The number of fused-ring (bicyclic) bond motifs is 2. The molecule has 0 amide bonds. The first-order valence-corrected chi connectivity index (χ1v) is 10.5. The molecule has 1 atom stereocenters. The van der Waals surface area contributed by atoms with E-state index in [0.29, 0.717) is 30.4 Å². The van der Waals surface area contributed by atoms with Crippen molar-refractivity contribution in [1.29, 1.82) is 0 Å². The van der Waals surface area contributed by atoms with Crippen LogP contribution in [0.5, 0.6) is 17.2 Å². The third-order valence-electron chi connectivity index (χ3n) is 5.60. The Morgan fingerprint density at radius 3 is 2.88 bits per heavy atom. The van der Waals surface area contributed by atoms with Gasteiger partial charge in [0.1, 0.15) is 12.1 Å². The van der Waals surface area contributed by atoms with E-state index in [0.717, 1.165) is 28.0 Å². The Bertz CT molecular complexity index is 1400. The van der Waals surface area contributed by atoms with Gasteiger partial charge in [-0.15, -0.1) is 0 Å². The number of nitrogens with zero attached hydrogens (tertiary/aromatic N) is 6. The normalized spacial score (nSPS) is 15.0. The molecular weight excluding hydrogens is 420 g/mol. The van der Waals surface area contributed by atoms with Gasteiger partial charge in [-0.3, -0.25) is 4.98 Å². The molecule has 0 fully saturated rings. The van der Waals surface area contributed by atoms with Gasteiger partial charge in [0, 0.05) is 30.4 Å². The summed E-state index contributed by atoms with van der Waals surface area (Å²) in [5.74, 6) is 1.88. The third kappa shape index (κ3) is 3.53. The fourth-order valence-electron chi connectivity index (χ4n) is 3.97. The summed E-state index contributed by atoms with van der Waals surface area (Å²) >= 11 is 0. The van der Waals surface area contributed by atoms with Crippen LogP contribution in [0, 0.1) is 0 Å². The molecule has 1 aliphatic rings. The van der Waals surface area contributed by atoms with E-state index >= 15 is 0 Å². The van der Waals surface area contributed by atoms with Crippen molar-refractivity contribution >= 4 is 11.2 Å². The lowest BCUT2D eigenvalue weighted by Gasteiger charge is -2.28. The van der Waals surface area contributed by atoms with Crippen molar-refractivity contribution in [3.8, 4) is 22.9 Å². The zero-order valence-electron chi connectivity index (χ0n) is 17.8. The highest BCUT2D eigenvalue weighted by atomic mass is 16.6. The van der Waals surface area contributed by atoms with E-state index in [1.165, 1.54) is 0 Å². The molecule has 1 unspecified atom stereocenters. The van der Waals surface area contributed by atoms with Crippen molar-refractivity contribution in [3.05, 3.63) is 85.1 Å². The fraction of sp³-hybridized carbons (Fsp3) is 0.167. The highest BCUT2D eigenvalue weighted by molar-refractivity contribution is 5.73. The predicted molar refractivity (Wildman–Crippen MR) is 120 cm³/mol. The van der Waals surface area contributed by atoms with Crippen molar-refractivity contribution < 1.29 is 14.2 Å². The predicted octanol–water partition coefficient (Wildman–Crippen LogP) is 3.58. The molecule has 4 aromatic heterocycles. The number of hydrogen-bond acceptors (Lipinski definition) is 7. The minimum absolute atomic E-state index is 0.238. The van der Waals surface area contributed by atoms with E-state index in [1.807, 2.05) is 51.9 Å². The largest absolute Gasteiger partial charge is 0.493 e. The molecule has 0 saturated carbocycles. The molecule has 0 radical (unpaired) electrons. The number of benzene rings is 1. The van der Waals surface area contributed by atoms with Crippen molar-refractivity contribution in [2.24, 2.45) is 0 Å². The highest BCUT2D eigenvalue weighted by Crippen LogP contribution is 2.44. The molecule has 0 N–H and O–H groups in total. The van der Waals surface area contributed by atoms with Gasteiger partial charge in [-0.1, -0.05) is 6.07 Å². The fourth-order valence-corrected chi connectivity index (χ4v) is 3.97. The first-order valence-electron chi connectivity index (χ1n) is 10.5. The second-order valence-corrected chi connectivity index (χ2v) is 7.71. The first-order chi connectivity index (χ1) is 16.3. The van der Waals surface area contributed by atoms with Gasteiger partial charge in [0.25, 0.3) is 0 Å². The highest BCUT2D eigenvalue weighted by Gasteiger charge is 2.26. The van der Waals surface area contributed by atoms with Gasteiger partial charge in [-0.05, 0) is 29.8 Å². The summed E-state index contributed by atoms with van der Waals surface area (Å²) in [6, 6.07) is 9.78. The Kier molecular flexibility index (Phi) is 4.64. The molecule has 5 aromatic rings. The van der Waals surface area contributed by atoms with Gasteiger partial charge in [-0.2, -0.15) is 0 Å². The Morgan fingerprint density at radius 1 is 1.09 bits per heavy atom.